The first-order chi connectivity index (χ1) is 9.95. The minimum atomic E-state index is 0.0552. The molecule has 2 atom stereocenters. The second-order valence-corrected chi connectivity index (χ2v) is 6.48. The van der Waals surface area contributed by atoms with Crippen LogP contribution >= 0.6 is 0 Å². The molecular formula is C17H29N3O. The number of nitrogens with two attached hydrogens (primary N) is 1. The van der Waals surface area contributed by atoms with E-state index in [-0.39, 0.29) is 12.1 Å². The van der Waals surface area contributed by atoms with Crippen molar-refractivity contribution in [3.63, 3.8) is 0 Å². The second-order valence-electron chi connectivity index (χ2n) is 6.48. The maximum Gasteiger partial charge on any atom is 0.120 e. The van der Waals surface area contributed by atoms with Gasteiger partial charge >= 0.3 is 0 Å². The smallest absolute Gasteiger partial charge is 0.120 e. The van der Waals surface area contributed by atoms with Crippen LogP contribution in [-0.4, -0.2) is 55.7 Å². The first-order valence-electron chi connectivity index (χ1n) is 7.86. The molecule has 2 unspecified atom stereocenters. The number of nitrogens with zero attached hydrogens (tertiary/aromatic N) is 2. The van der Waals surface area contributed by atoms with Crippen LogP contribution in [0.4, 0.5) is 0 Å². The maximum atomic E-state index is 6.43. The van der Waals surface area contributed by atoms with Crippen LogP contribution in [0.1, 0.15) is 31.9 Å². The van der Waals surface area contributed by atoms with Gasteiger partial charge in [0.05, 0.1) is 6.10 Å². The highest BCUT2D eigenvalue weighted by Crippen LogP contribution is 2.24. The summed E-state index contributed by atoms with van der Waals surface area (Å²) in [6, 6.07) is 8.79. The van der Waals surface area contributed by atoms with Crippen molar-refractivity contribution in [2.24, 2.45) is 5.73 Å². The largest absolute Gasteiger partial charge is 0.491 e. The first-order valence-corrected chi connectivity index (χ1v) is 7.86. The van der Waals surface area contributed by atoms with E-state index in [2.05, 4.69) is 36.0 Å². The molecule has 1 heterocycles. The summed E-state index contributed by atoms with van der Waals surface area (Å²) < 4.78 is 5.76. The van der Waals surface area contributed by atoms with Crippen molar-refractivity contribution in [2.75, 3.05) is 33.7 Å². The molecule has 4 heteroatoms. The Kier molecular flexibility index (Phi) is 5.62. The van der Waals surface area contributed by atoms with E-state index in [1.54, 1.807) is 0 Å². The quantitative estimate of drug-likeness (QED) is 0.902. The van der Waals surface area contributed by atoms with Gasteiger partial charge in [0.25, 0.3) is 0 Å². The summed E-state index contributed by atoms with van der Waals surface area (Å²) in [7, 11) is 4.38. The lowest BCUT2D eigenvalue weighted by molar-refractivity contribution is 0.104. The van der Waals surface area contributed by atoms with E-state index < -0.39 is 0 Å². The van der Waals surface area contributed by atoms with Gasteiger partial charge in [-0.1, -0.05) is 12.1 Å². The Morgan fingerprint density at radius 2 is 2.05 bits per heavy atom. The topological polar surface area (TPSA) is 41.7 Å². The van der Waals surface area contributed by atoms with Gasteiger partial charge in [-0.2, -0.15) is 0 Å². The van der Waals surface area contributed by atoms with Gasteiger partial charge in [-0.05, 0) is 52.1 Å². The summed E-state index contributed by atoms with van der Waals surface area (Å²) in [5.41, 5.74) is 7.59. The summed E-state index contributed by atoms with van der Waals surface area (Å²) >= 11 is 0. The van der Waals surface area contributed by atoms with Crippen molar-refractivity contribution >= 4 is 0 Å². The molecule has 1 aromatic carbocycles. The van der Waals surface area contributed by atoms with Gasteiger partial charge in [-0.3, -0.25) is 0 Å². The van der Waals surface area contributed by atoms with E-state index >= 15 is 0 Å². The third kappa shape index (κ3) is 4.70. The zero-order valence-electron chi connectivity index (χ0n) is 13.7. The highest BCUT2D eigenvalue weighted by Gasteiger charge is 2.24. The third-order valence-electron chi connectivity index (χ3n) is 4.16. The van der Waals surface area contributed by atoms with Crippen LogP contribution in [0.15, 0.2) is 24.3 Å². The van der Waals surface area contributed by atoms with Crippen molar-refractivity contribution in [1.82, 2.24) is 9.80 Å². The standard InChI is InChI=1S/C17H29N3O/c1-13(2)21-16-7-5-6-14(10-16)17(18)11-15-12-19(3)8-9-20(15)4/h5-7,10,13,15,17H,8-9,11-12,18H2,1-4H3. The number of likely N-dealkylation sites (N-methyl/N-ethyl adjacent to an activating group) is 2. The van der Waals surface area contributed by atoms with Crippen molar-refractivity contribution in [3.05, 3.63) is 29.8 Å². The number of benzene rings is 1. The highest BCUT2D eigenvalue weighted by atomic mass is 16.5. The molecule has 0 amide bonds. The molecule has 0 aromatic heterocycles. The summed E-state index contributed by atoms with van der Waals surface area (Å²) in [5, 5.41) is 0. The van der Waals surface area contributed by atoms with Crippen molar-refractivity contribution < 1.29 is 4.74 Å². The van der Waals surface area contributed by atoms with Gasteiger partial charge in [0.1, 0.15) is 5.75 Å². The number of piperazine rings is 1. The van der Waals surface area contributed by atoms with E-state index in [1.807, 2.05) is 26.0 Å². The van der Waals surface area contributed by atoms with Crippen LogP contribution < -0.4 is 10.5 Å². The Hall–Kier alpha value is -1.10. The van der Waals surface area contributed by atoms with Crippen molar-refractivity contribution in [3.8, 4) is 5.75 Å². The Labute approximate surface area is 128 Å². The van der Waals surface area contributed by atoms with Crippen LogP contribution in [0.2, 0.25) is 0 Å². The molecule has 0 saturated carbocycles. The summed E-state index contributed by atoms with van der Waals surface area (Å²) in [5.74, 6) is 0.909. The molecule has 1 aliphatic rings. The van der Waals surface area contributed by atoms with Crippen LogP contribution in [0.3, 0.4) is 0 Å². The predicted molar refractivity (Wildman–Crippen MR) is 87.7 cm³/mol. The van der Waals surface area contributed by atoms with E-state index in [0.29, 0.717) is 6.04 Å². The Morgan fingerprint density at radius 1 is 1.29 bits per heavy atom. The molecule has 21 heavy (non-hydrogen) atoms. The molecule has 1 aromatic rings. The lowest BCUT2D eigenvalue weighted by Crippen LogP contribution is -2.50. The van der Waals surface area contributed by atoms with Gasteiger partial charge in [0, 0.05) is 31.7 Å². The normalized spacial score (nSPS) is 22.5. The fourth-order valence-electron chi connectivity index (χ4n) is 2.88. The van der Waals surface area contributed by atoms with E-state index in [1.165, 1.54) is 0 Å². The molecule has 2 rings (SSSR count). The number of hydrogen-bond donors (Lipinski definition) is 1. The zero-order chi connectivity index (χ0) is 15.4. The SMILES string of the molecule is CC(C)Oc1cccc(C(N)CC2CN(C)CCN2C)c1. The predicted octanol–water partition coefficient (Wildman–Crippen LogP) is 2.11. The number of ether oxygens (including phenoxy) is 1. The summed E-state index contributed by atoms with van der Waals surface area (Å²) in [6.07, 6.45) is 1.17. The lowest BCUT2D eigenvalue weighted by Gasteiger charge is -2.38. The van der Waals surface area contributed by atoms with Crippen molar-refractivity contribution in [2.45, 2.75) is 38.5 Å². The Bertz CT molecular complexity index is 449. The lowest BCUT2D eigenvalue weighted by atomic mass is 9.98. The minimum absolute atomic E-state index is 0.0552. The minimum Gasteiger partial charge on any atom is -0.491 e. The van der Waals surface area contributed by atoms with Crippen molar-refractivity contribution in [1.29, 1.82) is 0 Å². The van der Waals surface area contributed by atoms with Crippen LogP contribution in [0, 0.1) is 0 Å². The second kappa shape index (κ2) is 7.25. The molecule has 2 N–H and O–H groups in total. The average Bonchev–Trinajstić information content (AvgIpc) is 2.42. The van der Waals surface area contributed by atoms with Crippen LogP contribution in [0.5, 0.6) is 5.75 Å². The van der Waals surface area contributed by atoms with E-state index in [4.69, 9.17) is 10.5 Å². The summed E-state index contributed by atoms with van der Waals surface area (Å²) in [6.45, 7) is 7.43. The highest BCUT2D eigenvalue weighted by molar-refractivity contribution is 5.30. The fraction of sp³-hybridized carbons (Fsp3) is 0.647. The molecule has 1 aliphatic heterocycles. The molecule has 0 radical (unpaired) electrons. The Balaban J connectivity index is 2.00. The molecule has 118 valence electrons. The van der Waals surface area contributed by atoms with Gasteiger partial charge in [-0.25, -0.2) is 0 Å². The molecule has 0 aliphatic carbocycles. The molecule has 0 bridgehead atoms. The number of rotatable bonds is 5. The molecular weight excluding hydrogens is 262 g/mol. The third-order valence-corrected chi connectivity index (χ3v) is 4.16. The van der Waals surface area contributed by atoms with Gasteiger partial charge in [0.15, 0.2) is 0 Å². The maximum absolute atomic E-state index is 6.43. The van der Waals surface area contributed by atoms with Crippen LogP contribution in [0.25, 0.3) is 0 Å². The molecule has 0 spiro atoms. The van der Waals surface area contributed by atoms with Gasteiger partial charge in [0.2, 0.25) is 0 Å². The first kappa shape index (κ1) is 16.3. The van der Waals surface area contributed by atoms with Crippen LogP contribution in [-0.2, 0) is 0 Å². The molecule has 1 saturated heterocycles. The van der Waals surface area contributed by atoms with E-state index in [9.17, 15) is 0 Å². The Morgan fingerprint density at radius 3 is 2.76 bits per heavy atom. The monoisotopic (exact) mass is 291 g/mol. The molecule has 4 nitrogen and oxygen atoms in total. The zero-order valence-corrected chi connectivity index (χ0v) is 13.7. The van der Waals surface area contributed by atoms with E-state index in [0.717, 1.165) is 37.4 Å². The molecule has 1 fully saturated rings. The fourth-order valence-corrected chi connectivity index (χ4v) is 2.88. The number of hydrogen-bond acceptors (Lipinski definition) is 4. The summed E-state index contributed by atoms with van der Waals surface area (Å²) in [4.78, 5) is 4.81. The van der Waals surface area contributed by atoms with Gasteiger partial charge < -0.3 is 20.3 Å². The van der Waals surface area contributed by atoms with Gasteiger partial charge in [-0.15, -0.1) is 0 Å². The average molecular weight is 291 g/mol.